The van der Waals surface area contributed by atoms with E-state index in [-0.39, 0.29) is 18.2 Å². The fourth-order valence-electron chi connectivity index (χ4n) is 2.97. The Labute approximate surface area is 186 Å². The lowest BCUT2D eigenvalue weighted by atomic mass is 10.2. The zero-order valence-electron chi connectivity index (χ0n) is 17.6. The van der Waals surface area contributed by atoms with Gasteiger partial charge in [0.2, 0.25) is 5.95 Å². The van der Waals surface area contributed by atoms with Gasteiger partial charge >= 0.3 is 12.5 Å². The van der Waals surface area contributed by atoms with Crippen molar-refractivity contribution in [3.8, 4) is 17.1 Å². The number of hydrogen-bond acceptors (Lipinski definition) is 8. The highest BCUT2D eigenvalue weighted by Crippen LogP contribution is 2.23. The first-order valence-electron chi connectivity index (χ1n) is 9.76. The van der Waals surface area contributed by atoms with Crippen molar-refractivity contribution in [2.75, 3.05) is 5.32 Å². The molecule has 0 aliphatic carbocycles. The van der Waals surface area contributed by atoms with E-state index in [1.54, 1.807) is 55.3 Å². The molecule has 4 rings (SSSR count). The zero-order chi connectivity index (χ0) is 23.4. The number of oxazole rings is 1. The number of carbonyl (C=O) groups excluding carboxylic acids is 1. The fraction of sp³-hybridized carbons (Fsp3) is 0.190. The molecule has 0 fully saturated rings. The van der Waals surface area contributed by atoms with Crippen molar-refractivity contribution in [3.63, 3.8) is 0 Å². The Kier molecular flexibility index (Phi) is 6.24. The predicted molar refractivity (Wildman–Crippen MR) is 113 cm³/mol. The third-order valence-corrected chi connectivity index (χ3v) is 4.60. The number of carbonyl (C=O) groups is 1. The number of rotatable bonds is 8. The standard InChI is InChI=1S/C21H19F2N7O3/c1-12-9-25-21(28-16-7-8-26-30(16)2)29-17(12)14-11-32-19(27-14)18(31)24-10-13-5-3-4-6-15(13)33-20(22)23/h3-9,11,20H,10H2,1-2H3,(H,24,31)(H,25,28,29). The largest absolute Gasteiger partial charge is 0.440 e. The third-order valence-electron chi connectivity index (χ3n) is 4.60. The number of aryl methyl sites for hydroxylation is 2. The molecule has 0 aliphatic rings. The molecule has 0 radical (unpaired) electrons. The molecule has 33 heavy (non-hydrogen) atoms. The second-order valence-corrected chi connectivity index (χ2v) is 6.90. The maximum atomic E-state index is 12.6. The molecule has 1 aromatic carbocycles. The minimum atomic E-state index is -2.97. The SMILES string of the molecule is Cc1cnc(Nc2ccnn2C)nc1-c1coc(C(=O)NCc2ccccc2OC(F)F)n1. The van der Waals surface area contributed by atoms with Crippen molar-refractivity contribution < 1.29 is 22.7 Å². The summed E-state index contributed by atoms with van der Waals surface area (Å²) in [6, 6.07) is 7.95. The maximum absolute atomic E-state index is 12.6. The molecule has 0 atom stereocenters. The lowest BCUT2D eigenvalue weighted by molar-refractivity contribution is -0.0504. The first-order chi connectivity index (χ1) is 15.9. The summed E-state index contributed by atoms with van der Waals surface area (Å²) < 4.78 is 36.5. The number of aromatic nitrogens is 5. The molecule has 0 saturated heterocycles. The van der Waals surface area contributed by atoms with E-state index in [0.29, 0.717) is 28.7 Å². The molecule has 0 saturated carbocycles. The van der Waals surface area contributed by atoms with Crippen molar-refractivity contribution in [3.05, 3.63) is 66.0 Å². The topological polar surface area (TPSA) is 120 Å². The number of nitrogens with one attached hydrogen (secondary N) is 2. The Morgan fingerprint density at radius 1 is 1.24 bits per heavy atom. The van der Waals surface area contributed by atoms with Crippen molar-refractivity contribution in [2.24, 2.45) is 7.05 Å². The number of halogens is 2. The first-order valence-corrected chi connectivity index (χ1v) is 9.76. The van der Waals surface area contributed by atoms with Gasteiger partial charge in [-0.05, 0) is 18.6 Å². The minimum Gasteiger partial charge on any atom is -0.440 e. The van der Waals surface area contributed by atoms with Crippen LogP contribution in [0.2, 0.25) is 0 Å². The molecule has 0 aliphatic heterocycles. The number of alkyl halides is 2. The van der Waals surface area contributed by atoms with Crippen LogP contribution in [-0.2, 0) is 13.6 Å². The molecular formula is C21H19F2N7O3. The predicted octanol–water partition coefficient (Wildman–Crippen LogP) is 3.45. The van der Waals surface area contributed by atoms with Gasteiger partial charge in [0.15, 0.2) is 0 Å². The van der Waals surface area contributed by atoms with Crippen molar-refractivity contribution in [1.29, 1.82) is 0 Å². The number of para-hydroxylation sites is 1. The second-order valence-electron chi connectivity index (χ2n) is 6.90. The summed E-state index contributed by atoms with van der Waals surface area (Å²) in [7, 11) is 1.78. The van der Waals surface area contributed by atoms with E-state index in [9.17, 15) is 13.6 Å². The van der Waals surface area contributed by atoms with Crippen molar-refractivity contribution in [2.45, 2.75) is 20.1 Å². The summed E-state index contributed by atoms with van der Waals surface area (Å²) in [6.45, 7) is -1.22. The molecule has 3 heterocycles. The van der Waals surface area contributed by atoms with Gasteiger partial charge in [0.1, 0.15) is 29.2 Å². The maximum Gasteiger partial charge on any atom is 0.387 e. The van der Waals surface area contributed by atoms with E-state index in [4.69, 9.17) is 4.42 Å². The van der Waals surface area contributed by atoms with Crippen LogP contribution in [0.25, 0.3) is 11.4 Å². The summed E-state index contributed by atoms with van der Waals surface area (Å²) in [6.07, 6.45) is 4.57. The van der Waals surface area contributed by atoms with Crippen LogP contribution in [0.1, 0.15) is 21.8 Å². The van der Waals surface area contributed by atoms with Gasteiger partial charge in [0.25, 0.3) is 5.89 Å². The monoisotopic (exact) mass is 455 g/mol. The van der Waals surface area contributed by atoms with Crippen LogP contribution < -0.4 is 15.4 Å². The Hall–Kier alpha value is -4.35. The van der Waals surface area contributed by atoms with E-state index >= 15 is 0 Å². The molecule has 3 aromatic heterocycles. The number of ether oxygens (including phenoxy) is 1. The summed E-state index contributed by atoms with van der Waals surface area (Å²) in [5.41, 5.74) is 1.93. The first kappa shape index (κ1) is 21.9. The highest BCUT2D eigenvalue weighted by atomic mass is 19.3. The van der Waals surface area contributed by atoms with E-state index in [1.165, 1.54) is 12.3 Å². The Morgan fingerprint density at radius 3 is 2.82 bits per heavy atom. The van der Waals surface area contributed by atoms with Gasteiger partial charge in [0.05, 0.1) is 6.20 Å². The highest BCUT2D eigenvalue weighted by Gasteiger charge is 2.18. The smallest absolute Gasteiger partial charge is 0.387 e. The van der Waals surface area contributed by atoms with Crippen LogP contribution in [0.3, 0.4) is 0 Å². The Bertz CT molecular complexity index is 1270. The van der Waals surface area contributed by atoms with Crippen molar-refractivity contribution >= 4 is 17.7 Å². The molecule has 0 unspecified atom stereocenters. The van der Waals surface area contributed by atoms with Crippen LogP contribution in [0.15, 0.2) is 53.4 Å². The number of hydrogen-bond donors (Lipinski definition) is 2. The van der Waals surface area contributed by atoms with Gasteiger partial charge in [-0.1, -0.05) is 18.2 Å². The van der Waals surface area contributed by atoms with E-state index in [1.807, 2.05) is 0 Å². The number of nitrogens with zero attached hydrogens (tertiary/aromatic N) is 5. The van der Waals surface area contributed by atoms with E-state index < -0.39 is 12.5 Å². The van der Waals surface area contributed by atoms with E-state index in [0.717, 1.165) is 5.56 Å². The van der Waals surface area contributed by atoms with E-state index in [2.05, 4.69) is 35.4 Å². The molecule has 12 heteroatoms. The minimum absolute atomic E-state index is 0.0223. The van der Waals surface area contributed by atoms with Crippen LogP contribution in [0.4, 0.5) is 20.5 Å². The van der Waals surface area contributed by atoms with Gasteiger partial charge in [0, 0.05) is 31.4 Å². The van der Waals surface area contributed by atoms with Crippen LogP contribution >= 0.6 is 0 Å². The Balaban J connectivity index is 1.47. The quantitative estimate of drug-likeness (QED) is 0.415. The molecule has 4 aromatic rings. The molecular weight excluding hydrogens is 436 g/mol. The Morgan fingerprint density at radius 2 is 2.06 bits per heavy atom. The van der Waals surface area contributed by atoms with Gasteiger partial charge in [-0.3, -0.25) is 9.48 Å². The second kappa shape index (κ2) is 9.42. The highest BCUT2D eigenvalue weighted by molar-refractivity contribution is 5.90. The van der Waals surface area contributed by atoms with Crippen LogP contribution in [-0.4, -0.2) is 37.3 Å². The molecule has 0 bridgehead atoms. The molecule has 10 nitrogen and oxygen atoms in total. The van der Waals surface area contributed by atoms with Gasteiger partial charge < -0.3 is 19.8 Å². The zero-order valence-corrected chi connectivity index (χ0v) is 17.6. The normalized spacial score (nSPS) is 10.9. The number of amides is 1. The lowest BCUT2D eigenvalue weighted by Crippen LogP contribution is -2.23. The van der Waals surface area contributed by atoms with Gasteiger partial charge in [-0.2, -0.15) is 13.9 Å². The molecule has 0 spiro atoms. The molecule has 2 N–H and O–H groups in total. The van der Waals surface area contributed by atoms with Crippen LogP contribution in [0.5, 0.6) is 5.75 Å². The number of anilines is 2. The van der Waals surface area contributed by atoms with Gasteiger partial charge in [-0.25, -0.2) is 15.0 Å². The van der Waals surface area contributed by atoms with Gasteiger partial charge in [-0.15, -0.1) is 0 Å². The van der Waals surface area contributed by atoms with Crippen molar-refractivity contribution in [1.82, 2.24) is 30.0 Å². The average Bonchev–Trinajstić information content (AvgIpc) is 3.43. The molecule has 170 valence electrons. The summed E-state index contributed by atoms with van der Waals surface area (Å²) in [4.78, 5) is 25.4. The fourth-order valence-corrected chi connectivity index (χ4v) is 2.97. The molecule has 1 amide bonds. The summed E-state index contributed by atoms with van der Waals surface area (Å²) in [5.74, 6) is 0.181. The lowest BCUT2D eigenvalue weighted by Gasteiger charge is -2.10. The average molecular weight is 455 g/mol. The third kappa shape index (κ3) is 5.11. The summed E-state index contributed by atoms with van der Waals surface area (Å²) >= 11 is 0. The number of benzene rings is 1. The summed E-state index contributed by atoms with van der Waals surface area (Å²) in [5, 5.41) is 9.71. The van der Waals surface area contributed by atoms with Crippen LogP contribution in [0, 0.1) is 6.92 Å².